The Kier molecular flexibility index (Phi) is 4.93. The van der Waals surface area contributed by atoms with Gasteiger partial charge in [0.05, 0.1) is 23.2 Å². The van der Waals surface area contributed by atoms with Gasteiger partial charge in [-0.3, -0.25) is 9.48 Å². The molecule has 136 valence electrons. The van der Waals surface area contributed by atoms with Crippen molar-refractivity contribution < 1.29 is 9.53 Å². The van der Waals surface area contributed by atoms with Crippen LogP contribution in [0.1, 0.15) is 27.3 Å². The number of hydrogen-bond acceptors (Lipinski definition) is 4. The SMILES string of the molecule is Cc1cc(C(=O)N(C)CCOc2ccccc2C)c2c(C)nn(C)c2n1. The number of aryl methyl sites for hydroxylation is 4. The van der Waals surface area contributed by atoms with E-state index in [0.29, 0.717) is 18.7 Å². The van der Waals surface area contributed by atoms with Crippen LogP contribution in [-0.4, -0.2) is 45.8 Å². The lowest BCUT2D eigenvalue weighted by Gasteiger charge is -2.19. The highest BCUT2D eigenvalue weighted by Gasteiger charge is 2.20. The molecule has 0 unspecified atom stereocenters. The Hall–Kier alpha value is -2.89. The molecule has 2 heterocycles. The van der Waals surface area contributed by atoms with Crippen LogP contribution in [-0.2, 0) is 7.05 Å². The fourth-order valence-corrected chi connectivity index (χ4v) is 3.06. The predicted molar refractivity (Wildman–Crippen MR) is 102 cm³/mol. The Bertz CT molecular complexity index is 962. The molecule has 3 rings (SSSR count). The maximum atomic E-state index is 13.0. The van der Waals surface area contributed by atoms with Crippen LogP contribution in [0.15, 0.2) is 30.3 Å². The van der Waals surface area contributed by atoms with E-state index in [1.165, 1.54) is 0 Å². The zero-order valence-corrected chi connectivity index (χ0v) is 15.9. The Morgan fingerprint density at radius 3 is 2.69 bits per heavy atom. The van der Waals surface area contributed by atoms with Gasteiger partial charge in [0.2, 0.25) is 0 Å². The number of nitrogens with zero attached hydrogens (tertiary/aromatic N) is 4. The zero-order valence-electron chi connectivity index (χ0n) is 15.9. The molecule has 1 aromatic carbocycles. The van der Waals surface area contributed by atoms with Gasteiger partial charge in [-0.15, -0.1) is 0 Å². The van der Waals surface area contributed by atoms with Crippen molar-refractivity contribution in [3.8, 4) is 5.75 Å². The van der Waals surface area contributed by atoms with Crippen molar-refractivity contribution in [2.45, 2.75) is 20.8 Å². The van der Waals surface area contributed by atoms with Crippen LogP contribution in [0, 0.1) is 20.8 Å². The Labute approximate surface area is 153 Å². The first kappa shape index (κ1) is 17.9. The molecule has 6 nitrogen and oxygen atoms in total. The highest BCUT2D eigenvalue weighted by Crippen LogP contribution is 2.23. The van der Waals surface area contributed by atoms with Crippen molar-refractivity contribution in [1.82, 2.24) is 19.7 Å². The third-order valence-electron chi connectivity index (χ3n) is 4.45. The molecule has 0 N–H and O–H groups in total. The number of para-hydroxylation sites is 1. The van der Waals surface area contributed by atoms with Crippen LogP contribution in [0.2, 0.25) is 0 Å². The summed E-state index contributed by atoms with van der Waals surface area (Å²) in [5.74, 6) is 0.795. The lowest BCUT2D eigenvalue weighted by Crippen LogP contribution is -2.31. The number of aromatic nitrogens is 3. The molecular weight excluding hydrogens is 328 g/mol. The van der Waals surface area contributed by atoms with E-state index < -0.39 is 0 Å². The number of carbonyl (C=O) groups excluding carboxylic acids is 1. The summed E-state index contributed by atoms with van der Waals surface area (Å²) in [5, 5.41) is 5.22. The van der Waals surface area contributed by atoms with Crippen molar-refractivity contribution in [1.29, 1.82) is 0 Å². The molecule has 0 fully saturated rings. The van der Waals surface area contributed by atoms with Crippen LogP contribution in [0.5, 0.6) is 5.75 Å². The van der Waals surface area contributed by atoms with Crippen molar-refractivity contribution in [2.24, 2.45) is 7.05 Å². The van der Waals surface area contributed by atoms with Crippen LogP contribution in [0.25, 0.3) is 11.0 Å². The van der Waals surface area contributed by atoms with Crippen LogP contribution < -0.4 is 4.74 Å². The maximum absolute atomic E-state index is 13.0. The normalized spacial score (nSPS) is 11.0. The molecule has 0 aliphatic carbocycles. The molecule has 3 aromatic rings. The Balaban J connectivity index is 1.77. The number of ether oxygens (including phenoxy) is 1. The van der Waals surface area contributed by atoms with Gasteiger partial charge in [0, 0.05) is 19.8 Å². The largest absolute Gasteiger partial charge is 0.491 e. The van der Waals surface area contributed by atoms with E-state index in [4.69, 9.17) is 4.74 Å². The van der Waals surface area contributed by atoms with Crippen LogP contribution in [0.3, 0.4) is 0 Å². The first-order chi connectivity index (χ1) is 12.4. The molecule has 0 radical (unpaired) electrons. The van der Waals surface area contributed by atoms with Crippen molar-refractivity contribution >= 4 is 16.9 Å². The van der Waals surface area contributed by atoms with E-state index in [1.54, 1.807) is 16.6 Å². The fraction of sp³-hybridized carbons (Fsp3) is 0.350. The molecule has 0 aliphatic rings. The minimum atomic E-state index is -0.0509. The van der Waals surface area contributed by atoms with E-state index in [2.05, 4.69) is 10.1 Å². The highest BCUT2D eigenvalue weighted by atomic mass is 16.5. The summed E-state index contributed by atoms with van der Waals surface area (Å²) in [7, 11) is 3.63. The standard InChI is InChI=1S/C20H24N4O2/c1-13-8-6-7-9-17(13)26-11-10-23(4)20(25)16-12-14(2)21-19-18(16)15(3)22-24(19)5/h6-9,12H,10-11H2,1-5H3. The number of fused-ring (bicyclic) bond motifs is 1. The maximum Gasteiger partial charge on any atom is 0.254 e. The second-order valence-electron chi connectivity index (χ2n) is 6.56. The fourth-order valence-electron chi connectivity index (χ4n) is 3.06. The third-order valence-corrected chi connectivity index (χ3v) is 4.45. The molecule has 0 aliphatic heterocycles. The Morgan fingerprint density at radius 1 is 1.23 bits per heavy atom. The molecule has 0 saturated carbocycles. The smallest absolute Gasteiger partial charge is 0.254 e. The van der Waals surface area contributed by atoms with Gasteiger partial charge < -0.3 is 9.64 Å². The van der Waals surface area contributed by atoms with Crippen molar-refractivity contribution in [3.05, 3.63) is 52.8 Å². The van der Waals surface area contributed by atoms with E-state index in [9.17, 15) is 4.79 Å². The minimum Gasteiger partial charge on any atom is -0.491 e. The molecule has 0 spiro atoms. The zero-order chi connectivity index (χ0) is 18.8. The average Bonchev–Trinajstić information content (AvgIpc) is 2.89. The van der Waals surface area contributed by atoms with E-state index >= 15 is 0 Å². The summed E-state index contributed by atoms with van der Waals surface area (Å²) in [4.78, 5) is 19.2. The Morgan fingerprint density at radius 2 is 1.96 bits per heavy atom. The number of benzene rings is 1. The highest BCUT2D eigenvalue weighted by molar-refractivity contribution is 6.06. The number of rotatable bonds is 5. The molecule has 2 aromatic heterocycles. The summed E-state index contributed by atoms with van der Waals surface area (Å²) in [6.45, 7) is 6.73. The summed E-state index contributed by atoms with van der Waals surface area (Å²) in [5.41, 5.74) is 4.06. The van der Waals surface area contributed by atoms with Gasteiger partial charge in [-0.1, -0.05) is 18.2 Å². The number of likely N-dealkylation sites (N-methyl/N-ethyl adjacent to an activating group) is 1. The first-order valence-electron chi connectivity index (χ1n) is 8.63. The monoisotopic (exact) mass is 352 g/mol. The first-order valence-corrected chi connectivity index (χ1v) is 8.63. The average molecular weight is 352 g/mol. The lowest BCUT2D eigenvalue weighted by atomic mass is 10.1. The molecule has 6 heteroatoms. The summed E-state index contributed by atoms with van der Waals surface area (Å²) in [6, 6.07) is 9.69. The van der Waals surface area contributed by atoms with Crippen molar-refractivity contribution in [3.63, 3.8) is 0 Å². The van der Waals surface area contributed by atoms with Gasteiger partial charge in [-0.25, -0.2) is 4.98 Å². The molecule has 26 heavy (non-hydrogen) atoms. The number of amides is 1. The van der Waals surface area contributed by atoms with E-state index in [-0.39, 0.29) is 5.91 Å². The van der Waals surface area contributed by atoms with E-state index in [1.807, 2.05) is 58.2 Å². The number of carbonyl (C=O) groups is 1. The molecule has 0 atom stereocenters. The van der Waals surface area contributed by atoms with Crippen LogP contribution >= 0.6 is 0 Å². The lowest BCUT2D eigenvalue weighted by molar-refractivity contribution is 0.0775. The second-order valence-corrected chi connectivity index (χ2v) is 6.56. The van der Waals surface area contributed by atoms with Gasteiger partial charge >= 0.3 is 0 Å². The number of pyridine rings is 1. The third kappa shape index (κ3) is 3.40. The quantitative estimate of drug-likeness (QED) is 0.708. The van der Waals surface area contributed by atoms with Gasteiger partial charge in [0.25, 0.3) is 5.91 Å². The van der Waals surface area contributed by atoms with Crippen molar-refractivity contribution in [2.75, 3.05) is 20.2 Å². The molecule has 0 bridgehead atoms. The predicted octanol–water partition coefficient (Wildman–Crippen LogP) is 3.04. The van der Waals surface area contributed by atoms with Gasteiger partial charge in [-0.05, 0) is 38.5 Å². The summed E-state index contributed by atoms with van der Waals surface area (Å²) in [6.07, 6.45) is 0. The van der Waals surface area contributed by atoms with Gasteiger partial charge in [0.15, 0.2) is 5.65 Å². The molecule has 1 amide bonds. The van der Waals surface area contributed by atoms with Gasteiger partial charge in [-0.2, -0.15) is 5.10 Å². The topological polar surface area (TPSA) is 60.3 Å². The number of hydrogen-bond donors (Lipinski definition) is 0. The minimum absolute atomic E-state index is 0.0509. The van der Waals surface area contributed by atoms with E-state index in [0.717, 1.165) is 33.7 Å². The molecule has 0 saturated heterocycles. The summed E-state index contributed by atoms with van der Waals surface area (Å²) < 4.78 is 7.53. The summed E-state index contributed by atoms with van der Waals surface area (Å²) >= 11 is 0. The molecular formula is C20H24N4O2. The van der Waals surface area contributed by atoms with Crippen LogP contribution in [0.4, 0.5) is 0 Å². The second kappa shape index (κ2) is 7.15. The van der Waals surface area contributed by atoms with Gasteiger partial charge in [0.1, 0.15) is 12.4 Å².